The molecule has 2 heterocycles. The molecule has 0 bridgehead atoms. The fraction of sp³-hybridized carbons (Fsp3) is 0.118. The van der Waals surface area contributed by atoms with Gasteiger partial charge in [-0.1, -0.05) is 0 Å². The van der Waals surface area contributed by atoms with Gasteiger partial charge in [0.15, 0.2) is 0 Å². The first-order valence-electron chi connectivity index (χ1n) is 7.43. The standard InChI is InChI=1S/C17H14N4OSSe/c1-11-6-8-12(9-7-11)10-23-17-18-16(19-20-17)21-15(22)13-4-2-3-5-14(13)24-21/h2-9H,10H2,1H3,(H,18,19,20). The molecule has 2 aromatic carbocycles. The second-order valence-corrected chi connectivity index (χ2v) is 8.42. The summed E-state index contributed by atoms with van der Waals surface area (Å²) < 4.78 is 2.78. The van der Waals surface area contributed by atoms with Crippen molar-refractivity contribution in [3.05, 3.63) is 70.0 Å². The number of fused-ring (bicyclic) bond motifs is 1. The van der Waals surface area contributed by atoms with Crippen LogP contribution < -0.4 is 5.56 Å². The number of aryl methyl sites for hydroxylation is 1. The van der Waals surface area contributed by atoms with E-state index in [0.717, 1.165) is 15.4 Å². The number of hydrogen-bond donors (Lipinski definition) is 1. The number of benzene rings is 2. The maximum atomic E-state index is 12.5. The molecule has 4 rings (SSSR count). The summed E-state index contributed by atoms with van der Waals surface area (Å²) in [5.41, 5.74) is 2.47. The number of nitrogens with zero attached hydrogens (tertiary/aromatic N) is 3. The number of H-pyrrole nitrogens is 1. The second kappa shape index (κ2) is 6.43. The van der Waals surface area contributed by atoms with Gasteiger partial charge in [-0.25, -0.2) is 0 Å². The molecule has 24 heavy (non-hydrogen) atoms. The van der Waals surface area contributed by atoms with Gasteiger partial charge in [-0.2, -0.15) is 0 Å². The van der Waals surface area contributed by atoms with E-state index in [4.69, 9.17) is 0 Å². The fourth-order valence-electron chi connectivity index (χ4n) is 2.34. The Bertz CT molecular complexity index is 1050. The molecule has 2 aromatic heterocycles. The minimum atomic E-state index is -0.0912. The maximum absolute atomic E-state index is 12.5. The first-order chi connectivity index (χ1) is 11.7. The van der Waals surface area contributed by atoms with Crippen molar-refractivity contribution in [3.8, 4) is 5.95 Å². The van der Waals surface area contributed by atoms with Crippen molar-refractivity contribution in [2.24, 2.45) is 0 Å². The third kappa shape index (κ3) is 2.98. The molecule has 0 spiro atoms. The molecule has 0 saturated heterocycles. The Kier molecular flexibility index (Phi) is 4.14. The monoisotopic (exact) mass is 402 g/mol. The molecule has 0 aliphatic heterocycles. The van der Waals surface area contributed by atoms with E-state index in [-0.39, 0.29) is 20.3 Å². The van der Waals surface area contributed by atoms with Gasteiger partial charge in [0.2, 0.25) is 0 Å². The van der Waals surface area contributed by atoms with Gasteiger partial charge in [-0.3, -0.25) is 0 Å². The molecule has 5 nitrogen and oxygen atoms in total. The van der Waals surface area contributed by atoms with Crippen LogP contribution in [-0.4, -0.2) is 33.5 Å². The van der Waals surface area contributed by atoms with Crippen LogP contribution in [0.3, 0.4) is 0 Å². The van der Waals surface area contributed by atoms with Crippen molar-refractivity contribution in [3.63, 3.8) is 0 Å². The molecule has 7 heteroatoms. The SMILES string of the molecule is Cc1ccc(CSc2n[nH]c(-n3[se]c4ccccc4c3=O)n2)cc1. The molecule has 0 amide bonds. The zero-order valence-electron chi connectivity index (χ0n) is 12.9. The van der Waals surface area contributed by atoms with E-state index < -0.39 is 0 Å². The Balaban J connectivity index is 1.56. The molecule has 120 valence electrons. The van der Waals surface area contributed by atoms with Crippen LogP contribution in [0.15, 0.2) is 58.5 Å². The van der Waals surface area contributed by atoms with Crippen LogP contribution in [0, 0.1) is 6.92 Å². The summed E-state index contributed by atoms with van der Waals surface area (Å²) in [5.74, 6) is 1.33. The quantitative estimate of drug-likeness (QED) is 0.422. The van der Waals surface area contributed by atoms with E-state index in [9.17, 15) is 4.79 Å². The molecule has 0 radical (unpaired) electrons. The number of rotatable bonds is 4. The second-order valence-electron chi connectivity index (χ2n) is 5.40. The summed E-state index contributed by atoms with van der Waals surface area (Å²) in [7, 11) is 0. The van der Waals surface area contributed by atoms with Crippen molar-refractivity contribution in [1.29, 1.82) is 0 Å². The van der Waals surface area contributed by atoms with Crippen LogP contribution >= 0.6 is 11.8 Å². The predicted molar refractivity (Wildman–Crippen MR) is 97.2 cm³/mol. The molecule has 0 saturated carbocycles. The van der Waals surface area contributed by atoms with Crippen molar-refractivity contribution in [1.82, 2.24) is 18.7 Å². The molecule has 0 aliphatic rings. The van der Waals surface area contributed by atoms with E-state index in [1.54, 1.807) is 15.3 Å². The summed E-state index contributed by atoms with van der Waals surface area (Å²) in [4.78, 5) is 16.9. The van der Waals surface area contributed by atoms with Crippen molar-refractivity contribution >= 4 is 36.1 Å². The van der Waals surface area contributed by atoms with Gasteiger partial charge >= 0.3 is 149 Å². The Morgan fingerprint density at radius 1 is 1.17 bits per heavy atom. The zero-order valence-corrected chi connectivity index (χ0v) is 15.4. The van der Waals surface area contributed by atoms with E-state index in [0.29, 0.717) is 11.1 Å². The topological polar surface area (TPSA) is 63.6 Å². The number of aromatic nitrogens is 4. The van der Waals surface area contributed by atoms with Crippen molar-refractivity contribution in [2.75, 3.05) is 0 Å². The number of thioether (sulfide) groups is 1. The van der Waals surface area contributed by atoms with Gasteiger partial charge in [-0.05, 0) is 0 Å². The first-order valence-corrected chi connectivity index (χ1v) is 10.0. The summed E-state index contributed by atoms with van der Waals surface area (Å²) in [6, 6.07) is 16.1. The van der Waals surface area contributed by atoms with Gasteiger partial charge in [0.05, 0.1) is 0 Å². The van der Waals surface area contributed by atoms with Crippen molar-refractivity contribution in [2.45, 2.75) is 17.8 Å². The molecule has 0 atom stereocenters. The number of nitrogens with one attached hydrogen (secondary N) is 1. The van der Waals surface area contributed by atoms with Crippen LogP contribution in [0.4, 0.5) is 0 Å². The molecule has 4 aromatic rings. The molecule has 1 N–H and O–H groups in total. The van der Waals surface area contributed by atoms with Gasteiger partial charge < -0.3 is 0 Å². The van der Waals surface area contributed by atoms with Crippen LogP contribution in [0.2, 0.25) is 0 Å². The predicted octanol–water partition coefficient (Wildman–Crippen LogP) is 2.77. The van der Waals surface area contributed by atoms with Gasteiger partial charge in [0.25, 0.3) is 0 Å². The third-order valence-corrected chi connectivity index (χ3v) is 6.80. The van der Waals surface area contributed by atoms with Gasteiger partial charge in [0, 0.05) is 0 Å². The Morgan fingerprint density at radius 3 is 2.75 bits per heavy atom. The number of aromatic amines is 1. The van der Waals surface area contributed by atoms with E-state index in [2.05, 4.69) is 46.4 Å². The van der Waals surface area contributed by atoms with Gasteiger partial charge in [0.1, 0.15) is 0 Å². The number of hydrogen-bond acceptors (Lipinski definition) is 4. The molecule has 0 fully saturated rings. The third-order valence-electron chi connectivity index (χ3n) is 3.63. The molecule has 0 unspecified atom stereocenters. The Morgan fingerprint density at radius 2 is 1.96 bits per heavy atom. The summed E-state index contributed by atoms with van der Waals surface area (Å²) in [6.07, 6.45) is 0. The van der Waals surface area contributed by atoms with E-state index >= 15 is 0 Å². The average molecular weight is 401 g/mol. The van der Waals surface area contributed by atoms with Crippen molar-refractivity contribution < 1.29 is 0 Å². The summed E-state index contributed by atoms with van der Waals surface area (Å²) in [6.45, 7) is 2.07. The molecular formula is C17H14N4OSSe. The van der Waals surface area contributed by atoms with E-state index in [1.165, 1.54) is 11.1 Å². The summed E-state index contributed by atoms with van der Waals surface area (Å²) >= 11 is 1.47. The van der Waals surface area contributed by atoms with E-state index in [1.807, 2.05) is 24.3 Å². The fourth-order valence-corrected chi connectivity index (χ4v) is 5.06. The average Bonchev–Trinajstić information content (AvgIpc) is 3.19. The van der Waals surface area contributed by atoms with Gasteiger partial charge in [-0.15, -0.1) is 0 Å². The normalized spacial score (nSPS) is 11.2. The van der Waals surface area contributed by atoms with Crippen LogP contribution in [0.25, 0.3) is 15.6 Å². The Labute approximate surface area is 148 Å². The molecular weight excluding hydrogens is 387 g/mol. The summed E-state index contributed by atoms with van der Waals surface area (Å²) in [5, 5.41) is 8.55. The van der Waals surface area contributed by atoms with Crippen LogP contribution in [0.5, 0.6) is 0 Å². The van der Waals surface area contributed by atoms with Crippen LogP contribution in [-0.2, 0) is 5.75 Å². The minimum absolute atomic E-state index is 0.00293. The zero-order chi connectivity index (χ0) is 16.5. The Hall–Kier alpha value is -2.08. The molecule has 0 aliphatic carbocycles. The van der Waals surface area contributed by atoms with Crippen LogP contribution in [0.1, 0.15) is 11.1 Å². The first kappa shape index (κ1) is 15.4.